The molecule has 0 fully saturated rings. The van der Waals surface area contributed by atoms with Gasteiger partial charge in [-0.25, -0.2) is 4.98 Å². The lowest BCUT2D eigenvalue weighted by molar-refractivity contribution is 1.20. The molecule has 15 heavy (non-hydrogen) atoms. The van der Waals surface area contributed by atoms with E-state index in [1.54, 1.807) is 18.3 Å². The number of aryl methyl sites for hydroxylation is 1. The minimum atomic E-state index is 0.499. The van der Waals surface area contributed by atoms with Crippen LogP contribution in [0.4, 0.5) is 11.5 Å². The summed E-state index contributed by atoms with van der Waals surface area (Å²) >= 11 is 0. The molecule has 0 aromatic carbocycles. The van der Waals surface area contributed by atoms with E-state index < -0.39 is 0 Å². The van der Waals surface area contributed by atoms with E-state index >= 15 is 0 Å². The summed E-state index contributed by atoms with van der Waals surface area (Å²) in [6.45, 7) is 1.97. The van der Waals surface area contributed by atoms with Crippen molar-refractivity contribution in [1.29, 1.82) is 0 Å². The van der Waals surface area contributed by atoms with E-state index in [0.717, 1.165) is 5.69 Å². The van der Waals surface area contributed by atoms with Crippen LogP contribution in [0.1, 0.15) is 5.69 Å². The van der Waals surface area contributed by atoms with Crippen LogP contribution in [0.15, 0.2) is 42.7 Å². The fourth-order valence-corrected chi connectivity index (χ4v) is 0.865. The van der Waals surface area contributed by atoms with E-state index in [-0.39, 0.29) is 0 Å². The molecule has 0 aliphatic heterocycles. The fraction of sp³-hybridized carbons (Fsp3) is 0.0909. The summed E-state index contributed by atoms with van der Waals surface area (Å²) in [5.74, 6) is 0.499. The van der Waals surface area contributed by atoms with Gasteiger partial charge in [0, 0.05) is 11.9 Å². The largest absolute Gasteiger partial charge is 0.397 e. The second-order valence-corrected chi connectivity index (χ2v) is 2.99. The van der Waals surface area contributed by atoms with Gasteiger partial charge in [0.15, 0.2) is 0 Å². The van der Waals surface area contributed by atoms with Crippen molar-refractivity contribution in [3.8, 4) is 0 Å². The first kappa shape index (κ1) is 11.0. The molecule has 0 saturated carbocycles. The molecule has 2 aromatic heterocycles. The van der Waals surface area contributed by atoms with Gasteiger partial charge in [-0.15, -0.1) is 0 Å². The summed E-state index contributed by atoms with van der Waals surface area (Å²) in [7, 11) is 0. The SMILES string of the molecule is Cc1ccccn1.Nc1ccc(N)nc1. The van der Waals surface area contributed by atoms with Crippen LogP contribution in [0.3, 0.4) is 0 Å². The summed E-state index contributed by atoms with van der Waals surface area (Å²) in [6.07, 6.45) is 3.31. The van der Waals surface area contributed by atoms with E-state index in [9.17, 15) is 0 Å². The normalized spacial score (nSPS) is 8.87. The van der Waals surface area contributed by atoms with Crippen molar-refractivity contribution >= 4 is 11.5 Å². The third kappa shape index (κ3) is 4.61. The molecule has 0 bridgehead atoms. The predicted octanol–water partition coefficient (Wildman–Crippen LogP) is 1.64. The number of nitrogens with two attached hydrogens (primary N) is 2. The van der Waals surface area contributed by atoms with Gasteiger partial charge in [0.05, 0.1) is 11.9 Å². The van der Waals surface area contributed by atoms with Crippen molar-refractivity contribution < 1.29 is 0 Å². The maximum absolute atomic E-state index is 5.31. The lowest BCUT2D eigenvalue weighted by Gasteiger charge is -1.89. The Morgan fingerprint density at radius 3 is 2.13 bits per heavy atom. The van der Waals surface area contributed by atoms with E-state index in [1.165, 1.54) is 6.20 Å². The van der Waals surface area contributed by atoms with Crippen LogP contribution in [-0.4, -0.2) is 9.97 Å². The van der Waals surface area contributed by atoms with Crippen LogP contribution in [0.2, 0.25) is 0 Å². The lowest BCUT2D eigenvalue weighted by Crippen LogP contribution is -1.90. The molecule has 2 heterocycles. The van der Waals surface area contributed by atoms with Crippen molar-refractivity contribution in [2.24, 2.45) is 0 Å². The fourth-order valence-electron chi connectivity index (χ4n) is 0.865. The maximum atomic E-state index is 5.31. The van der Waals surface area contributed by atoms with Gasteiger partial charge in [-0.3, -0.25) is 4.98 Å². The van der Waals surface area contributed by atoms with Crippen molar-refractivity contribution in [2.45, 2.75) is 6.92 Å². The number of nitrogens with zero attached hydrogens (tertiary/aromatic N) is 2. The highest BCUT2D eigenvalue weighted by atomic mass is 14.8. The molecule has 4 heteroatoms. The third-order valence-corrected chi connectivity index (χ3v) is 1.62. The van der Waals surface area contributed by atoms with E-state index in [2.05, 4.69) is 9.97 Å². The monoisotopic (exact) mass is 202 g/mol. The molecule has 2 rings (SSSR count). The third-order valence-electron chi connectivity index (χ3n) is 1.62. The van der Waals surface area contributed by atoms with E-state index in [4.69, 9.17) is 11.5 Å². The molecule has 4 nitrogen and oxygen atoms in total. The topological polar surface area (TPSA) is 77.8 Å². The lowest BCUT2D eigenvalue weighted by atomic mass is 10.4. The van der Waals surface area contributed by atoms with Crippen LogP contribution >= 0.6 is 0 Å². The molecule has 0 atom stereocenters. The van der Waals surface area contributed by atoms with Gasteiger partial charge in [-0.1, -0.05) is 6.07 Å². The average molecular weight is 202 g/mol. The highest BCUT2D eigenvalue weighted by Crippen LogP contribution is 2.00. The Kier molecular flexibility index (Phi) is 4.09. The average Bonchev–Trinajstić information content (AvgIpc) is 2.25. The summed E-state index contributed by atoms with van der Waals surface area (Å²) in [5, 5.41) is 0. The minimum absolute atomic E-state index is 0.499. The van der Waals surface area contributed by atoms with Crippen molar-refractivity contribution in [3.05, 3.63) is 48.4 Å². The molecule has 2 aromatic rings. The molecule has 0 amide bonds. The first-order chi connectivity index (χ1) is 7.18. The summed E-state index contributed by atoms with van der Waals surface area (Å²) in [4.78, 5) is 7.71. The van der Waals surface area contributed by atoms with Gasteiger partial charge in [0.25, 0.3) is 0 Å². The Balaban J connectivity index is 0.000000151. The van der Waals surface area contributed by atoms with Gasteiger partial charge < -0.3 is 11.5 Å². The van der Waals surface area contributed by atoms with Crippen LogP contribution in [0.25, 0.3) is 0 Å². The summed E-state index contributed by atoms with van der Waals surface area (Å²) in [5.41, 5.74) is 12.3. The van der Waals surface area contributed by atoms with Gasteiger partial charge >= 0.3 is 0 Å². The van der Waals surface area contributed by atoms with Gasteiger partial charge in [-0.2, -0.15) is 0 Å². The zero-order valence-electron chi connectivity index (χ0n) is 8.59. The molecular weight excluding hydrogens is 188 g/mol. The van der Waals surface area contributed by atoms with Gasteiger partial charge in [0.2, 0.25) is 0 Å². The number of rotatable bonds is 0. The number of hydrogen-bond acceptors (Lipinski definition) is 4. The molecule has 78 valence electrons. The second kappa shape index (κ2) is 5.59. The van der Waals surface area contributed by atoms with Crippen molar-refractivity contribution in [2.75, 3.05) is 11.5 Å². The van der Waals surface area contributed by atoms with Gasteiger partial charge in [0.1, 0.15) is 5.82 Å². The van der Waals surface area contributed by atoms with Crippen LogP contribution in [0.5, 0.6) is 0 Å². The molecule has 0 spiro atoms. The molecule has 0 aliphatic carbocycles. The van der Waals surface area contributed by atoms with Crippen molar-refractivity contribution in [3.63, 3.8) is 0 Å². The summed E-state index contributed by atoms with van der Waals surface area (Å²) < 4.78 is 0. The number of aromatic nitrogens is 2. The zero-order valence-corrected chi connectivity index (χ0v) is 8.59. The number of pyridine rings is 2. The highest BCUT2D eigenvalue weighted by Gasteiger charge is 1.82. The van der Waals surface area contributed by atoms with Gasteiger partial charge in [-0.05, 0) is 31.2 Å². The number of hydrogen-bond donors (Lipinski definition) is 2. The maximum Gasteiger partial charge on any atom is 0.123 e. The van der Waals surface area contributed by atoms with Crippen LogP contribution in [0, 0.1) is 6.92 Å². The number of nitrogen functional groups attached to an aromatic ring is 2. The Bertz CT molecular complexity index is 362. The Hall–Kier alpha value is -2.10. The summed E-state index contributed by atoms with van der Waals surface area (Å²) in [6, 6.07) is 9.23. The molecule has 0 saturated heterocycles. The highest BCUT2D eigenvalue weighted by molar-refractivity contribution is 5.40. The second-order valence-electron chi connectivity index (χ2n) is 2.99. The molecule has 0 unspecified atom stereocenters. The zero-order chi connectivity index (χ0) is 11.1. The quantitative estimate of drug-likeness (QED) is 0.680. The Morgan fingerprint density at radius 1 is 1.00 bits per heavy atom. The van der Waals surface area contributed by atoms with E-state index in [0.29, 0.717) is 11.5 Å². The molecular formula is C11H14N4. The van der Waals surface area contributed by atoms with Crippen LogP contribution < -0.4 is 11.5 Å². The number of anilines is 2. The first-order valence-corrected chi connectivity index (χ1v) is 4.53. The first-order valence-electron chi connectivity index (χ1n) is 4.53. The Morgan fingerprint density at radius 2 is 1.80 bits per heavy atom. The standard InChI is InChI=1S/C6H7N.C5H7N3/c1-6-4-2-3-5-7-6;6-4-1-2-5(7)8-3-4/h2-5H,1H3;1-3H,6H2,(H2,7,8). The minimum Gasteiger partial charge on any atom is -0.397 e. The van der Waals surface area contributed by atoms with E-state index in [1.807, 2.05) is 25.1 Å². The van der Waals surface area contributed by atoms with Crippen molar-refractivity contribution in [1.82, 2.24) is 9.97 Å². The van der Waals surface area contributed by atoms with Crippen LogP contribution in [-0.2, 0) is 0 Å². The molecule has 4 N–H and O–H groups in total. The molecule has 0 radical (unpaired) electrons. The predicted molar refractivity (Wildman–Crippen MR) is 62.0 cm³/mol. The molecule has 0 aliphatic rings. The Labute approximate surface area is 89.0 Å². The smallest absolute Gasteiger partial charge is 0.123 e.